The van der Waals surface area contributed by atoms with Crippen molar-refractivity contribution in [1.29, 1.82) is 0 Å². The van der Waals surface area contributed by atoms with E-state index in [1.807, 2.05) is 12.1 Å². The van der Waals surface area contributed by atoms with Crippen LogP contribution in [0.1, 0.15) is 61.6 Å². The van der Waals surface area contributed by atoms with E-state index in [4.69, 9.17) is 4.74 Å². The Bertz CT molecular complexity index is 747. The van der Waals surface area contributed by atoms with Crippen LogP contribution in [0.25, 0.3) is 0 Å². The number of benzene rings is 1. The lowest BCUT2D eigenvalue weighted by atomic mass is 9.80. The maximum Gasteiger partial charge on any atom is 0.213 e. The largest absolute Gasteiger partial charge is 0.505 e. The van der Waals surface area contributed by atoms with Crippen molar-refractivity contribution in [2.45, 2.75) is 57.8 Å². The summed E-state index contributed by atoms with van der Waals surface area (Å²) >= 11 is 0. The molecule has 1 aromatic heterocycles. The van der Waals surface area contributed by atoms with Crippen LogP contribution >= 0.6 is 0 Å². The molecule has 0 spiro atoms. The number of aromatic nitrogens is 1. The van der Waals surface area contributed by atoms with Gasteiger partial charge in [-0.05, 0) is 48.8 Å². The van der Waals surface area contributed by atoms with E-state index in [-0.39, 0.29) is 5.92 Å². The lowest BCUT2D eigenvalue weighted by molar-refractivity contribution is 0.293. The second-order valence-electron chi connectivity index (χ2n) is 6.94. The molecule has 1 atom stereocenters. The third-order valence-corrected chi connectivity index (χ3v) is 5.08. The van der Waals surface area contributed by atoms with Gasteiger partial charge in [-0.15, -0.1) is 0 Å². The van der Waals surface area contributed by atoms with E-state index in [1.54, 1.807) is 6.20 Å². The van der Waals surface area contributed by atoms with Crippen molar-refractivity contribution in [2.75, 3.05) is 6.61 Å². The highest BCUT2D eigenvalue weighted by Gasteiger charge is 2.26. The summed E-state index contributed by atoms with van der Waals surface area (Å²) in [6, 6.07) is 5.06. The summed E-state index contributed by atoms with van der Waals surface area (Å²) in [6.45, 7) is 2.85. The van der Waals surface area contributed by atoms with Crippen molar-refractivity contribution in [3.05, 3.63) is 52.7 Å². The van der Waals surface area contributed by atoms with Crippen LogP contribution < -0.4 is 4.74 Å². The number of nitrogens with zero attached hydrogens (tertiary/aromatic N) is 1. The Morgan fingerprint density at radius 3 is 2.81 bits per heavy atom. The van der Waals surface area contributed by atoms with Gasteiger partial charge in [-0.3, -0.25) is 0 Å². The van der Waals surface area contributed by atoms with Crippen LogP contribution in [0.2, 0.25) is 0 Å². The first-order valence-electron chi connectivity index (χ1n) is 9.37. The highest BCUT2D eigenvalue weighted by Crippen LogP contribution is 2.38. The summed E-state index contributed by atoms with van der Waals surface area (Å²) in [5.41, 5.74) is 2.26. The van der Waals surface area contributed by atoms with Gasteiger partial charge in [0.15, 0.2) is 11.6 Å². The third-order valence-electron chi connectivity index (χ3n) is 5.08. The van der Waals surface area contributed by atoms with Gasteiger partial charge in [0.2, 0.25) is 11.7 Å². The monoisotopic (exact) mass is 361 g/mol. The average molecular weight is 361 g/mol. The topological polar surface area (TPSA) is 42.4 Å². The molecule has 1 aliphatic rings. The summed E-state index contributed by atoms with van der Waals surface area (Å²) in [7, 11) is 0. The summed E-state index contributed by atoms with van der Waals surface area (Å²) in [5, 5.41) is 9.81. The van der Waals surface area contributed by atoms with Gasteiger partial charge in [0.25, 0.3) is 0 Å². The molecule has 0 aliphatic heterocycles. The molecule has 0 saturated carbocycles. The fourth-order valence-corrected chi connectivity index (χ4v) is 3.56. The Balaban J connectivity index is 1.62. The van der Waals surface area contributed by atoms with Crippen molar-refractivity contribution < 1.29 is 18.6 Å². The van der Waals surface area contributed by atoms with Gasteiger partial charge < -0.3 is 9.84 Å². The normalized spacial score (nSPS) is 16.3. The number of phenols is 1. The quantitative estimate of drug-likeness (QED) is 0.681. The highest BCUT2D eigenvalue weighted by atomic mass is 19.2. The molecule has 1 aromatic carbocycles. The van der Waals surface area contributed by atoms with Crippen LogP contribution in [0.15, 0.2) is 24.4 Å². The average Bonchev–Trinajstić information content (AvgIpc) is 2.66. The van der Waals surface area contributed by atoms with Crippen LogP contribution in [0.5, 0.6) is 11.6 Å². The minimum absolute atomic E-state index is 0.179. The molecule has 3 nitrogen and oxygen atoms in total. The van der Waals surface area contributed by atoms with Crippen LogP contribution in [0.3, 0.4) is 0 Å². The standard InChI is InChI=1S/C21H25F2NO2/c1-2-3-4-5-10-26-19-9-7-15(13-24-19)14-6-8-17-16(11-14)12-18(22)20(23)21(17)25/h7,9,12-14,25H,2-6,8,10-11H2,1H3. The van der Waals surface area contributed by atoms with Crippen LogP contribution in [0, 0.1) is 11.6 Å². The van der Waals surface area contributed by atoms with Crippen molar-refractivity contribution in [3.8, 4) is 11.6 Å². The van der Waals surface area contributed by atoms with Gasteiger partial charge in [-0.1, -0.05) is 32.3 Å². The predicted octanol–water partition coefficient (Wildman–Crippen LogP) is 5.30. The lowest BCUT2D eigenvalue weighted by Gasteiger charge is -2.25. The molecule has 1 N–H and O–H groups in total. The molecule has 0 fully saturated rings. The summed E-state index contributed by atoms with van der Waals surface area (Å²) in [4.78, 5) is 4.37. The molecule has 0 saturated heterocycles. The number of unbranched alkanes of at least 4 members (excludes halogenated alkanes) is 3. The van der Waals surface area contributed by atoms with Gasteiger partial charge in [-0.25, -0.2) is 9.37 Å². The molecule has 140 valence electrons. The zero-order valence-electron chi connectivity index (χ0n) is 15.1. The van der Waals surface area contributed by atoms with Gasteiger partial charge in [0, 0.05) is 17.8 Å². The molecular weight excluding hydrogens is 336 g/mol. The number of aromatic hydroxyl groups is 1. The van der Waals surface area contributed by atoms with Crippen molar-refractivity contribution in [3.63, 3.8) is 0 Å². The number of fused-ring (bicyclic) bond motifs is 1. The Hall–Kier alpha value is -2.17. The second-order valence-corrected chi connectivity index (χ2v) is 6.94. The van der Waals surface area contributed by atoms with E-state index in [0.29, 0.717) is 36.5 Å². The zero-order valence-corrected chi connectivity index (χ0v) is 15.1. The van der Waals surface area contributed by atoms with E-state index in [1.165, 1.54) is 25.3 Å². The van der Waals surface area contributed by atoms with E-state index in [0.717, 1.165) is 18.4 Å². The van der Waals surface area contributed by atoms with Crippen LogP contribution in [0.4, 0.5) is 8.78 Å². The summed E-state index contributed by atoms with van der Waals surface area (Å²) < 4.78 is 32.7. The van der Waals surface area contributed by atoms with Crippen molar-refractivity contribution in [2.24, 2.45) is 0 Å². The van der Waals surface area contributed by atoms with Crippen LogP contribution in [-0.2, 0) is 12.8 Å². The molecule has 2 aromatic rings. The van der Waals surface area contributed by atoms with Crippen molar-refractivity contribution in [1.82, 2.24) is 4.98 Å². The van der Waals surface area contributed by atoms with Gasteiger partial charge in [0.1, 0.15) is 0 Å². The van der Waals surface area contributed by atoms with E-state index < -0.39 is 17.4 Å². The van der Waals surface area contributed by atoms with E-state index in [9.17, 15) is 13.9 Å². The minimum Gasteiger partial charge on any atom is -0.505 e. The minimum atomic E-state index is -1.15. The number of pyridine rings is 1. The maximum atomic E-state index is 13.6. The number of rotatable bonds is 7. The fourth-order valence-electron chi connectivity index (χ4n) is 3.56. The third kappa shape index (κ3) is 4.14. The van der Waals surface area contributed by atoms with E-state index in [2.05, 4.69) is 11.9 Å². The van der Waals surface area contributed by atoms with Crippen molar-refractivity contribution >= 4 is 0 Å². The van der Waals surface area contributed by atoms with Gasteiger partial charge >= 0.3 is 0 Å². The molecule has 0 bridgehead atoms. The zero-order chi connectivity index (χ0) is 18.5. The van der Waals surface area contributed by atoms with Crippen LogP contribution in [-0.4, -0.2) is 16.7 Å². The van der Waals surface area contributed by atoms with Gasteiger partial charge in [0.05, 0.1) is 6.61 Å². The Kier molecular flexibility index (Phi) is 6.07. The summed E-state index contributed by atoms with van der Waals surface area (Å²) in [5.74, 6) is -1.88. The SMILES string of the molecule is CCCCCCOc1ccc(C2CCc3c(cc(F)c(F)c3O)C2)cn1. The van der Waals surface area contributed by atoms with Gasteiger partial charge in [-0.2, -0.15) is 4.39 Å². The molecule has 0 amide bonds. The number of hydrogen-bond acceptors (Lipinski definition) is 3. The molecule has 1 heterocycles. The molecule has 0 radical (unpaired) electrons. The smallest absolute Gasteiger partial charge is 0.213 e. The van der Waals surface area contributed by atoms with E-state index >= 15 is 0 Å². The molecule has 1 aliphatic carbocycles. The number of phenolic OH excluding ortho intramolecular Hbond substituents is 1. The summed E-state index contributed by atoms with van der Waals surface area (Å²) in [6.07, 6.45) is 8.28. The Morgan fingerprint density at radius 2 is 2.08 bits per heavy atom. The first-order valence-corrected chi connectivity index (χ1v) is 9.37. The molecule has 3 rings (SSSR count). The highest BCUT2D eigenvalue weighted by molar-refractivity contribution is 5.44. The Morgan fingerprint density at radius 1 is 1.23 bits per heavy atom. The predicted molar refractivity (Wildman–Crippen MR) is 96.7 cm³/mol. The molecular formula is C21H25F2NO2. The second kappa shape index (κ2) is 8.47. The number of ether oxygens (including phenoxy) is 1. The fraction of sp³-hybridized carbons (Fsp3) is 0.476. The molecule has 26 heavy (non-hydrogen) atoms. The lowest BCUT2D eigenvalue weighted by Crippen LogP contribution is -2.14. The molecule has 1 unspecified atom stereocenters. The molecule has 5 heteroatoms. The maximum absolute atomic E-state index is 13.6. The first kappa shape index (κ1) is 18.6. The Labute approximate surface area is 153 Å². The number of hydrogen-bond donors (Lipinski definition) is 1. The first-order chi connectivity index (χ1) is 12.6. The number of halogens is 2.